The summed E-state index contributed by atoms with van der Waals surface area (Å²) in [6.45, 7) is 2.79. The minimum Gasteiger partial charge on any atom is -0.369 e. The molecule has 2 aliphatic rings. The van der Waals surface area contributed by atoms with Crippen LogP contribution in [0.4, 0.5) is 4.39 Å². The minimum atomic E-state index is -0.603. The summed E-state index contributed by atoms with van der Waals surface area (Å²) < 4.78 is 12.7. The zero-order valence-corrected chi connectivity index (χ0v) is 6.18. The van der Waals surface area contributed by atoms with Crippen molar-refractivity contribution in [1.29, 1.82) is 0 Å². The Bertz CT molecular complexity index is 176. The molecule has 0 N–H and O–H groups in total. The molecule has 0 bridgehead atoms. The van der Waals surface area contributed by atoms with Gasteiger partial charge in [0.2, 0.25) is 0 Å². The topological polar surface area (TPSA) is 3.24 Å². The van der Waals surface area contributed by atoms with Crippen molar-refractivity contribution in [3.63, 3.8) is 0 Å². The maximum atomic E-state index is 12.7. The van der Waals surface area contributed by atoms with Gasteiger partial charge < -0.3 is 4.90 Å². The molecule has 0 spiro atoms. The highest BCUT2D eigenvalue weighted by Crippen LogP contribution is 2.32. The molecular formula is C8H12FN. The molecular weight excluding hydrogens is 129 g/mol. The van der Waals surface area contributed by atoms with Crippen LogP contribution in [-0.4, -0.2) is 23.7 Å². The lowest BCUT2D eigenvalue weighted by atomic mass is 10.2. The number of fused-ring (bicyclic) bond motifs is 1. The maximum Gasteiger partial charge on any atom is 0.123 e. The standard InChI is InChI=1S/C8H12FN/c1-6-2-3-8-4-7(9)5-10(6)8/h3,6-7H,2,4-5H2,1H3/t6-,7-/m1/s1. The quantitative estimate of drug-likeness (QED) is 0.496. The molecule has 0 aromatic heterocycles. The van der Waals surface area contributed by atoms with Gasteiger partial charge in [-0.25, -0.2) is 4.39 Å². The van der Waals surface area contributed by atoms with Crippen LogP contribution in [0, 0.1) is 0 Å². The Kier molecular flexibility index (Phi) is 1.22. The van der Waals surface area contributed by atoms with E-state index in [2.05, 4.69) is 17.9 Å². The summed E-state index contributed by atoms with van der Waals surface area (Å²) in [6, 6.07) is 0.552. The first kappa shape index (κ1) is 6.20. The van der Waals surface area contributed by atoms with E-state index in [1.165, 1.54) is 5.70 Å². The third kappa shape index (κ3) is 0.746. The van der Waals surface area contributed by atoms with Crippen LogP contribution in [0.5, 0.6) is 0 Å². The van der Waals surface area contributed by atoms with E-state index in [-0.39, 0.29) is 0 Å². The lowest BCUT2D eigenvalue weighted by Crippen LogP contribution is -2.25. The molecule has 1 fully saturated rings. The molecule has 2 heteroatoms. The lowest BCUT2D eigenvalue weighted by molar-refractivity contribution is 0.269. The van der Waals surface area contributed by atoms with E-state index in [1.807, 2.05) is 0 Å². The molecule has 56 valence electrons. The van der Waals surface area contributed by atoms with Gasteiger partial charge in [-0.1, -0.05) is 6.08 Å². The Hall–Kier alpha value is -0.530. The molecule has 0 saturated carbocycles. The van der Waals surface area contributed by atoms with Gasteiger partial charge in [-0.15, -0.1) is 0 Å². The number of rotatable bonds is 0. The van der Waals surface area contributed by atoms with Gasteiger partial charge in [0.05, 0.1) is 0 Å². The maximum absolute atomic E-state index is 12.7. The van der Waals surface area contributed by atoms with Gasteiger partial charge in [0.1, 0.15) is 6.17 Å². The highest BCUT2D eigenvalue weighted by molar-refractivity contribution is 5.16. The molecule has 0 aromatic carbocycles. The van der Waals surface area contributed by atoms with E-state index >= 15 is 0 Å². The summed E-state index contributed by atoms with van der Waals surface area (Å²) in [6.07, 6.45) is 3.34. The average molecular weight is 141 g/mol. The first-order chi connectivity index (χ1) is 4.77. The fraction of sp³-hybridized carbons (Fsp3) is 0.750. The zero-order valence-electron chi connectivity index (χ0n) is 6.18. The summed E-state index contributed by atoms with van der Waals surface area (Å²) in [4.78, 5) is 2.19. The van der Waals surface area contributed by atoms with Crippen LogP contribution in [0.2, 0.25) is 0 Å². The summed E-state index contributed by atoms with van der Waals surface area (Å²) in [7, 11) is 0. The van der Waals surface area contributed by atoms with Gasteiger partial charge in [0.15, 0.2) is 0 Å². The predicted octanol–water partition coefficient (Wildman–Crippen LogP) is 1.71. The second-order valence-corrected chi connectivity index (χ2v) is 3.23. The molecule has 2 aliphatic heterocycles. The van der Waals surface area contributed by atoms with Gasteiger partial charge in [0.25, 0.3) is 0 Å². The first-order valence-electron chi connectivity index (χ1n) is 3.87. The van der Waals surface area contributed by atoms with Crippen LogP contribution >= 0.6 is 0 Å². The van der Waals surface area contributed by atoms with Gasteiger partial charge in [-0.2, -0.15) is 0 Å². The van der Waals surface area contributed by atoms with Crippen LogP contribution in [0.3, 0.4) is 0 Å². The van der Waals surface area contributed by atoms with Gasteiger partial charge in [0, 0.05) is 24.7 Å². The molecule has 2 rings (SSSR count). The van der Waals surface area contributed by atoms with E-state index in [0.717, 1.165) is 6.42 Å². The van der Waals surface area contributed by atoms with Crippen LogP contribution in [0.15, 0.2) is 11.8 Å². The van der Waals surface area contributed by atoms with Crippen molar-refractivity contribution in [2.24, 2.45) is 0 Å². The van der Waals surface area contributed by atoms with E-state index < -0.39 is 6.17 Å². The van der Waals surface area contributed by atoms with Crippen LogP contribution in [0.1, 0.15) is 19.8 Å². The fourth-order valence-corrected chi connectivity index (χ4v) is 1.84. The Morgan fingerprint density at radius 1 is 1.70 bits per heavy atom. The Balaban J connectivity index is 2.16. The molecule has 0 aliphatic carbocycles. The Morgan fingerprint density at radius 3 is 3.20 bits per heavy atom. The molecule has 1 nitrogen and oxygen atoms in total. The molecule has 10 heavy (non-hydrogen) atoms. The monoisotopic (exact) mass is 141 g/mol. The van der Waals surface area contributed by atoms with Crippen molar-refractivity contribution in [2.75, 3.05) is 6.54 Å². The van der Waals surface area contributed by atoms with E-state index in [1.54, 1.807) is 0 Å². The van der Waals surface area contributed by atoms with Crippen molar-refractivity contribution < 1.29 is 4.39 Å². The number of hydrogen-bond acceptors (Lipinski definition) is 1. The van der Waals surface area contributed by atoms with E-state index in [9.17, 15) is 4.39 Å². The third-order valence-electron chi connectivity index (χ3n) is 2.42. The molecule has 0 aromatic rings. The average Bonchev–Trinajstić information content (AvgIpc) is 2.35. The number of halogens is 1. The Labute approximate surface area is 60.5 Å². The number of hydrogen-bond donors (Lipinski definition) is 0. The molecule has 0 radical (unpaired) electrons. The third-order valence-corrected chi connectivity index (χ3v) is 2.42. The van der Waals surface area contributed by atoms with Crippen molar-refractivity contribution in [3.8, 4) is 0 Å². The lowest BCUT2D eigenvalue weighted by Gasteiger charge is -2.19. The molecule has 2 heterocycles. The van der Waals surface area contributed by atoms with Crippen molar-refractivity contribution >= 4 is 0 Å². The minimum absolute atomic E-state index is 0.552. The summed E-state index contributed by atoms with van der Waals surface area (Å²) in [5.74, 6) is 0. The van der Waals surface area contributed by atoms with Gasteiger partial charge >= 0.3 is 0 Å². The smallest absolute Gasteiger partial charge is 0.123 e. The number of alkyl halides is 1. The van der Waals surface area contributed by atoms with Gasteiger partial charge in [-0.3, -0.25) is 0 Å². The van der Waals surface area contributed by atoms with Crippen molar-refractivity contribution in [1.82, 2.24) is 4.90 Å². The highest BCUT2D eigenvalue weighted by atomic mass is 19.1. The van der Waals surface area contributed by atoms with E-state index in [4.69, 9.17) is 0 Å². The summed E-state index contributed by atoms with van der Waals surface area (Å²) in [5, 5.41) is 0. The predicted molar refractivity (Wildman–Crippen MR) is 38.4 cm³/mol. The SMILES string of the molecule is C[C@@H]1CC=C2C[C@@H](F)CN21. The summed E-state index contributed by atoms with van der Waals surface area (Å²) >= 11 is 0. The normalized spacial score (nSPS) is 38.2. The molecule has 0 amide bonds. The molecule has 2 atom stereocenters. The van der Waals surface area contributed by atoms with E-state index in [0.29, 0.717) is 19.0 Å². The fourth-order valence-electron chi connectivity index (χ4n) is 1.84. The molecule has 0 unspecified atom stereocenters. The number of nitrogens with zero attached hydrogens (tertiary/aromatic N) is 1. The van der Waals surface area contributed by atoms with Crippen LogP contribution in [0.25, 0.3) is 0 Å². The largest absolute Gasteiger partial charge is 0.369 e. The van der Waals surface area contributed by atoms with Crippen molar-refractivity contribution in [2.45, 2.75) is 32.0 Å². The Morgan fingerprint density at radius 2 is 2.50 bits per heavy atom. The van der Waals surface area contributed by atoms with Crippen LogP contribution < -0.4 is 0 Å². The second kappa shape index (κ2) is 1.97. The molecule has 1 saturated heterocycles. The highest BCUT2D eigenvalue weighted by Gasteiger charge is 2.32. The summed E-state index contributed by atoms with van der Waals surface area (Å²) in [5.41, 5.74) is 1.24. The zero-order chi connectivity index (χ0) is 7.14. The first-order valence-corrected chi connectivity index (χ1v) is 3.87. The van der Waals surface area contributed by atoms with Gasteiger partial charge in [-0.05, 0) is 13.3 Å². The second-order valence-electron chi connectivity index (χ2n) is 3.23. The van der Waals surface area contributed by atoms with Crippen molar-refractivity contribution in [3.05, 3.63) is 11.8 Å². The van der Waals surface area contributed by atoms with Crippen LogP contribution in [-0.2, 0) is 0 Å². The number of allylic oxidation sites excluding steroid dienone is 1.